The van der Waals surface area contributed by atoms with Crippen molar-refractivity contribution in [2.24, 2.45) is 0 Å². The number of carbonyl (C=O) groups is 1. The van der Waals surface area contributed by atoms with Crippen molar-refractivity contribution in [3.63, 3.8) is 0 Å². The van der Waals surface area contributed by atoms with E-state index in [4.69, 9.17) is 5.11 Å². The van der Waals surface area contributed by atoms with Gasteiger partial charge < -0.3 is 15.5 Å². The van der Waals surface area contributed by atoms with Crippen LogP contribution in [0.4, 0.5) is 0 Å². The van der Waals surface area contributed by atoms with Crippen LogP contribution >= 0.6 is 0 Å². The zero-order valence-electron chi connectivity index (χ0n) is 7.95. The molecule has 14 heavy (non-hydrogen) atoms. The molecule has 0 spiro atoms. The standard InChI is InChI=1S/C10H13NO3/c1-2-11-6-8-5-7(10(13)14)3-4-9(8)12/h3-5,11-12H,2,6H2,1H3,(H,13,14). The Morgan fingerprint density at radius 2 is 2.21 bits per heavy atom. The van der Waals surface area contributed by atoms with E-state index in [-0.39, 0.29) is 11.3 Å². The van der Waals surface area contributed by atoms with Crippen LogP contribution in [-0.4, -0.2) is 22.7 Å². The molecule has 0 unspecified atom stereocenters. The van der Waals surface area contributed by atoms with E-state index in [2.05, 4.69) is 5.32 Å². The predicted molar refractivity (Wildman–Crippen MR) is 52.4 cm³/mol. The molecule has 1 aromatic rings. The summed E-state index contributed by atoms with van der Waals surface area (Å²) in [5.41, 5.74) is 0.794. The number of nitrogens with one attached hydrogen (secondary N) is 1. The third kappa shape index (κ3) is 2.47. The van der Waals surface area contributed by atoms with Gasteiger partial charge in [-0.15, -0.1) is 0 Å². The summed E-state index contributed by atoms with van der Waals surface area (Å²) in [6.45, 7) is 3.19. The lowest BCUT2D eigenvalue weighted by molar-refractivity contribution is 0.0696. The van der Waals surface area contributed by atoms with Crippen molar-refractivity contribution in [2.45, 2.75) is 13.5 Å². The Balaban J connectivity index is 2.90. The molecule has 3 N–H and O–H groups in total. The van der Waals surface area contributed by atoms with Crippen molar-refractivity contribution >= 4 is 5.97 Å². The minimum Gasteiger partial charge on any atom is -0.508 e. The minimum atomic E-state index is -0.984. The Labute approximate surface area is 82.2 Å². The van der Waals surface area contributed by atoms with Gasteiger partial charge in [0.25, 0.3) is 0 Å². The van der Waals surface area contributed by atoms with E-state index in [1.165, 1.54) is 18.2 Å². The topological polar surface area (TPSA) is 69.6 Å². The van der Waals surface area contributed by atoms with Gasteiger partial charge in [0.2, 0.25) is 0 Å². The largest absolute Gasteiger partial charge is 0.508 e. The summed E-state index contributed by atoms with van der Waals surface area (Å²) in [5, 5.41) is 21.2. The van der Waals surface area contributed by atoms with Gasteiger partial charge in [0.15, 0.2) is 0 Å². The zero-order valence-corrected chi connectivity index (χ0v) is 7.95. The Morgan fingerprint density at radius 3 is 2.79 bits per heavy atom. The fourth-order valence-corrected chi connectivity index (χ4v) is 1.12. The third-order valence-corrected chi connectivity index (χ3v) is 1.89. The maximum absolute atomic E-state index is 10.6. The smallest absolute Gasteiger partial charge is 0.335 e. The van der Waals surface area contributed by atoms with E-state index < -0.39 is 5.97 Å². The number of carboxylic acids is 1. The number of phenols is 1. The molecule has 0 radical (unpaired) electrons. The van der Waals surface area contributed by atoms with Gasteiger partial charge >= 0.3 is 5.97 Å². The van der Waals surface area contributed by atoms with Crippen LogP contribution in [-0.2, 0) is 6.54 Å². The average molecular weight is 195 g/mol. The highest BCUT2D eigenvalue weighted by molar-refractivity contribution is 5.88. The molecule has 4 nitrogen and oxygen atoms in total. The van der Waals surface area contributed by atoms with Gasteiger partial charge in [-0.3, -0.25) is 0 Å². The van der Waals surface area contributed by atoms with Gasteiger partial charge in [0, 0.05) is 12.1 Å². The van der Waals surface area contributed by atoms with Crippen molar-refractivity contribution < 1.29 is 15.0 Å². The second kappa shape index (κ2) is 4.62. The number of aromatic hydroxyl groups is 1. The highest BCUT2D eigenvalue weighted by Crippen LogP contribution is 2.18. The van der Waals surface area contributed by atoms with Crippen LogP contribution in [0, 0.1) is 0 Å². The summed E-state index contributed by atoms with van der Waals surface area (Å²) in [6, 6.07) is 4.25. The average Bonchev–Trinajstić information content (AvgIpc) is 2.16. The maximum Gasteiger partial charge on any atom is 0.335 e. The molecule has 0 aliphatic rings. The van der Waals surface area contributed by atoms with Crippen LogP contribution in [0.3, 0.4) is 0 Å². The van der Waals surface area contributed by atoms with E-state index >= 15 is 0 Å². The fourth-order valence-electron chi connectivity index (χ4n) is 1.12. The molecule has 0 amide bonds. The fraction of sp³-hybridized carbons (Fsp3) is 0.300. The van der Waals surface area contributed by atoms with Gasteiger partial charge in [-0.2, -0.15) is 0 Å². The summed E-state index contributed by atoms with van der Waals surface area (Å²) in [7, 11) is 0. The lowest BCUT2D eigenvalue weighted by Crippen LogP contribution is -2.12. The van der Waals surface area contributed by atoms with Gasteiger partial charge in [-0.1, -0.05) is 6.92 Å². The van der Waals surface area contributed by atoms with E-state index in [0.29, 0.717) is 12.1 Å². The van der Waals surface area contributed by atoms with Gasteiger partial charge in [0.05, 0.1) is 5.56 Å². The van der Waals surface area contributed by atoms with Crippen LogP contribution in [0.25, 0.3) is 0 Å². The molecule has 4 heteroatoms. The Morgan fingerprint density at radius 1 is 1.50 bits per heavy atom. The molecule has 0 heterocycles. The second-order valence-electron chi connectivity index (χ2n) is 2.93. The first-order chi connectivity index (χ1) is 6.65. The highest BCUT2D eigenvalue weighted by Gasteiger charge is 2.06. The number of benzene rings is 1. The molecule has 0 aromatic heterocycles. The summed E-state index contributed by atoms with van der Waals surface area (Å²) >= 11 is 0. The first-order valence-electron chi connectivity index (χ1n) is 4.41. The van der Waals surface area contributed by atoms with E-state index in [1.807, 2.05) is 6.92 Å². The summed E-state index contributed by atoms with van der Waals surface area (Å²) < 4.78 is 0. The Kier molecular flexibility index (Phi) is 3.48. The number of rotatable bonds is 4. The molecule has 0 saturated carbocycles. The minimum absolute atomic E-state index is 0.121. The number of hydrogen-bond donors (Lipinski definition) is 3. The number of aromatic carboxylic acids is 1. The molecule has 76 valence electrons. The highest BCUT2D eigenvalue weighted by atomic mass is 16.4. The summed E-state index contributed by atoms with van der Waals surface area (Å²) in [6.07, 6.45) is 0. The monoisotopic (exact) mass is 195 g/mol. The van der Waals surface area contributed by atoms with Gasteiger partial charge in [-0.05, 0) is 24.7 Å². The number of phenolic OH excluding ortho intramolecular Hbond substituents is 1. The van der Waals surface area contributed by atoms with Crippen LogP contribution < -0.4 is 5.32 Å². The van der Waals surface area contributed by atoms with E-state index in [0.717, 1.165) is 6.54 Å². The summed E-state index contributed by atoms with van der Waals surface area (Å²) in [4.78, 5) is 10.6. The second-order valence-corrected chi connectivity index (χ2v) is 2.93. The third-order valence-electron chi connectivity index (χ3n) is 1.89. The SMILES string of the molecule is CCNCc1cc(C(=O)O)ccc1O. The zero-order chi connectivity index (χ0) is 10.6. The number of hydrogen-bond acceptors (Lipinski definition) is 3. The molecule has 0 atom stereocenters. The molecule has 1 aromatic carbocycles. The molecular formula is C10H13NO3. The van der Waals surface area contributed by atoms with Crippen LogP contribution in [0.15, 0.2) is 18.2 Å². The molecule has 0 bridgehead atoms. The van der Waals surface area contributed by atoms with Crippen molar-refractivity contribution in [3.05, 3.63) is 29.3 Å². The number of carboxylic acid groups (broad SMARTS) is 1. The Hall–Kier alpha value is -1.55. The van der Waals surface area contributed by atoms with Gasteiger partial charge in [0.1, 0.15) is 5.75 Å². The van der Waals surface area contributed by atoms with Crippen molar-refractivity contribution in [3.8, 4) is 5.75 Å². The molecule has 0 fully saturated rings. The molecule has 1 rings (SSSR count). The normalized spacial score (nSPS) is 10.1. The molecule has 0 aliphatic heterocycles. The van der Waals surface area contributed by atoms with E-state index in [9.17, 15) is 9.90 Å². The lowest BCUT2D eigenvalue weighted by Gasteiger charge is -2.05. The quantitative estimate of drug-likeness (QED) is 0.675. The summed E-state index contributed by atoms with van der Waals surface area (Å²) in [5.74, 6) is -0.862. The lowest BCUT2D eigenvalue weighted by atomic mass is 10.1. The molecule has 0 aliphatic carbocycles. The van der Waals surface area contributed by atoms with Crippen LogP contribution in [0.2, 0.25) is 0 Å². The van der Waals surface area contributed by atoms with Crippen molar-refractivity contribution in [1.29, 1.82) is 0 Å². The first kappa shape index (κ1) is 10.5. The van der Waals surface area contributed by atoms with Gasteiger partial charge in [-0.25, -0.2) is 4.79 Å². The van der Waals surface area contributed by atoms with E-state index in [1.54, 1.807) is 0 Å². The maximum atomic E-state index is 10.6. The van der Waals surface area contributed by atoms with Crippen molar-refractivity contribution in [2.75, 3.05) is 6.54 Å². The molecular weight excluding hydrogens is 182 g/mol. The van der Waals surface area contributed by atoms with Crippen molar-refractivity contribution in [1.82, 2.24) is 5.32 Å². The van der Waals surface area contributed by atoms with Crippen LogP contribution in [0.1, 0.15) is 22.8 Å². The molecule has 0 saturated heterocycles. The predicted octanol–water partition coefficient (Wildman–Crippen LogP) is 1.20. The first-order valence-corrected chi connectivity index (χ1v) is 4.41. The van der Waals surface area contributed by atoms with Crippen LogP contribution in [0.5, 0.6) is 5.75 Å². The Bertz CT molecular complexity index is 336.